The lowest BCUT2D eigenvalue weighted by Gasteiger charge is -2.06. The molecular weight excluding hydrogens is 324 g/mol. The van der Waals surface area contributed by atoms with E-state index >= 15 is 0 Å². The smallest absolute Gasteiger partial charge is 0.417 e. The molecule has 0 fully saturated rings. The third-order valence-electron chi connectivity index (χ3n) is 3.19. The molecule has 23 heavy (non-hydrogen) atoms. The fourth-order valence-electron chi connectivity index (χ4n) is 2.15. The summed E-state index contributed by atoms with van der Waals surface area (Å²) in [7, 11) is -4.08. The van der Waals surface area contributed by atoms with Crippen LogP contribution >= 0.6 is 0 Å². The van der Waals surface area contributed by atoms with Crippen LogP contribution in [0.2, 0.25) is 0 Å². The Hall–Kier alpha value is -3.07. The number of fused-ring (bicyclic) bond motifs is 2. The number of benzene rings is 2. The molecule has 0 unspecified atom stereocenters. The Labute approximate surface area is 128 Å². The van der Waals surface area contributed by atoms with Crippen LogP contribution in [0.15, 0.2) is 61.3 Å². The number of hydrogen-bond acceptors (Lipinski definition) is 7. The summed E-state index contributed by atoms with van der Waals surface area (Å²) in [5, 5.41) is 0. The van der Waals surface area contributed by atoms with E-state index in [1.54, 1.807) is 6.07 Å². The zero-order valence-electron chi connectivity index (χ0n) is 11.3. The lowest BCUT2D eigenvalue weighted by molar-refractivity contribution is 0.485. The van der Waals surface area contributed by atoms with Gasteiger partial charge in [0.2, 0.25) is 0 Å². The van der Waals surface area contributed by atoms with Gasteiger partial charge in [0.25, 0.3) is 0 Å². The average Bonchev–Trinajstić information content (AvgIpc) is 3.10. The molecule has 2 heterocycles. The van der Waals surface area contributed by atoms with Crippen LogP contribution in [0, 0.1) is 0 Å². The average molecular weight is 332 g/mol. The molecule has 0 bridgehead atoms. The molecule has 2 aromatic heterocycles. The van der Waals surface area contributed by atoms with Crippen molar-refractivity contribution in [3.8, 4) is 5.75 Å². The van der Waals surface area contributed by atoms with Gasteiger partial charge in [-0.15, -0.1) is 0 Å². The first-order valence-corrected chi connectivity index (χ1v) is 7.83. The van der Waals surface area contributed by atoms with E-state index < -0.39 is 15.9 Å². The molecule has 0 atom stereocenters. The molecule has 0 aliphatic rings. The number of nitrogens with zero attached hydrogens (tertiary/aromatic N) is 1. The number of oxazole rings is 2. The van der Waals surface area contributed by atoms with Crippen molar-refractivity contribution >= 4 is 32.3 Å². The minimum atomic E-state index is -4.08. The Morgan fingerprint density at radius 1 is 1.09 bits per heavy atom. The summed E-state index contributed by atoms with van der Waals surface area (Å²) in [6.07, 6.45) is 1.25. The molecule has 4 rings (SSSR count). The van der Waals surface area contributed by atoms with Crippen molar-refractivity contribution in [1.29, 1.82) is 0 Å². The monoisotopic (exact) mass is 332 g/mol. The second-order valence-corrected chi connectivity index (χ2v) is 6.24. The summed E-state index contributed by atoms with van der Waals surface area (Å²) in [5.41, 5.74) is 1.53. The molecule has 4 aromatic rings. The van der Waals surface area contributed by atoms with E-state index in [1.165, 1.54) is 36.7 Å². The topological polar surface area (TPSA) is 115 Å². The van der Waals surface area contributed by atoms with Crippen LogP contribution < -0.4 is 9.94 Å². The Balaban J connectivity index is 1.74. The van der Waals surface area contributed by atoms with E-state index in [9.17, 15) is 13.2 Å². The van der Waals surface area contributed by atoms with Crippen LogP contribution in [0.5, 0.6) is 5.75 Å². The van der Waals surface area contributed by atoms with Crippen molar-refractivity contribution in [2.75, 3.05) is 0 Å². The normalized spacial score (nSPS) is 12.0. The minimum Gasteiger partial charge on any atom is -0.443 e. The van der Waals surface area contributed by atoms with Crippen LogP contribution in [0.25, 0.3) is 22.2 Å². The Kier molecular flexibility index (Phi) is 2.78. The number of aromatic amines is 1. The molecule has 8 nitrogen and oxygen atoms in total. The fraction of sp³-hybridized carbons (Fsp3) is 0. The van der Waals surface area contributed by atoms with Gasteiger partial charge in [0.15, 0.2) is 17.6 Å². The molecule has 0 saturated heterocycles. The standard InChI is InChI=1S/C14H8N2O6S/c17-14-16-10-3-2-9(6-13(10)21-14)23(18,19)22-8-1-4-12-11(5-8)15-7-20-12/h1-7H,(H,16,17). The van der Waals surface area contributed by atoms with Crippen molar-refractivity contribution in [1.82, 2.24) is 9.97 Å². The largest absolute Gasteiger partial charge is 0.443 e. The Bertz CT molecular complexity index is 1180. The Morgan fingerprint density at radius 2 is 1.96 bits per heavy atom. The SMILES string of the molecule is O=c1[nH]c2ccc(S(=O)(=O)Oc3ccc4ocnc4c3)cc2o1. The molecule has 2 aromatic carbocycles. The van der Waals surface area contributed by atoms with Gasteiger partial charge >= 0.3 is 15.9 Å². The van der Waals surface area contributed by atoms with E-state index in [4.69, 9.17) is 13.0 Å². The van der Waals surface area contributed by atoms with Gasteiger partial charge in [-0.3, -0.25) is 4.98 Å². The highest BCUT2D eigenvalue weighted by Crippen LogP contribution is 2.24. The van der Waals surface area contributed by atoms with Crippen LogP contribution in [0.1, 0.15) is 0 Å². The van der Waals surface area contributed by atoms with Crippen molar-refractivity contribution in [3.63, 3.8) is 0 Å². The zero-order valence-corrected chi connectivity index (χ0v) is 12.2. The van der Waals surface area contributed by atoms with Crippen molar-refractivity contribution in [2.45, 2.75) is 4.90 Å². The summed E-state index contributed by atoms with van der Waals surface area (Å²) >= 11 is 0. The zero-order chi connectivity index (χ0) is 16.0. The van der Waals surface area contributed by atoms with Gasteiger partial charge in [0.05, 0.1) is 5.52 Å². The lowest BCUT2D eigenvalue weighted by Crippen LogP contribution is -2.09. The van der Waals surface area contributed by atoms with Crippen LogP contribution in [-0.2, 0) is 10.1 Å². The van der Waals surface area contributed by atoms with Gasteiger partial charge in [-0.2, -0.15) is 8.42 Å². The van der Waals surface area contributed by atoms with Crippen LogP contribution in [-0.4, -0.2) is 18.4 Å². The molecule has 1 N–H and O–H groups in total. The maximum atomic E-state index is 12.3. The maximum Gasteiger partial charge on any atom is 0.417 e. The first kappa shape index (κ1) is 13.6. The molecule has 116 valence electrons. The highest BCUT2D eigenvalue weighted by atomic mass is 32.2. The molecule has 9 heteroatoms. The first-order valence-electron chi connectivity index (χ1n) is 6.42. The molecule has 0 amide bonds. The molecule has 0 saturated carbocycles. The maximum absolute atomic E-state index is 12.3. The molecule has 0 aliphatic heterocycles. The fourth-order valence-corrected chi connectivity index (χ4v) is 3.08. The quantitative estimate of drug-likeness (QED) is 0.571. The summed E-state index contributed by atoms with van der Waals surface area (Å²) in [5.74, 6) is -0.561. The highest BCUT2D eigenvalue weighted by molar-refractivity contribution is 7.87. The molecule has 0 aliphatic carbocycles. The molecule has 0 spiro atoms. The summed E-state index contributed by atoms with van der Waals surface area (Å²) in [6, 6.07) is 8.43. The number of aromatic nitrogens is 2. The minimum absolute atomic E-state index is 0.0991. The number of H-pyrrole nitrogens is 1. The second kappa shape index (κ2) is 4.71. The number of hydrogen-bond donors (Lipinski definition) is 1. The van der Waals surface area contributed by atoms with Crippen molar-refractivity contribution in [3.05, 3.63) is 53.3 Å². The number of nitrogens with one attached hydrogen (secondary N) is 1. The van der Waals surface area contributed by atoms with E-state index in [0.29, 0.717) is 16.6 Å². The van der Waals surface area contributed by atoms with Gasteiger partial charge in [-0.1, -0.05) is 0 Å². The van der Waals surface area contributed by atoms with Crippen molar-refractivity contribution < 1.29 is 21.4 Å². The highest BCUT2D eigenvalue weighted by Gasteiger charge is 2.19. The number of rotatable bonds is 3. The first-order chi connectivity index (χ1) is 11.0. The molecular formula is C14H8N2O6S. The van der Waals surface area contributed by atoms with Gasteiger partial charge < -0.3 is 13.0 Å². The van der Waals surface area contributed by atoms with E-state index in [2.05, 4.69) is 9.97 Å². The molecule has 0 radical (unpaired) electrons. The van der Waals surface area contributed by atoms with E-state index in [-0.39, 0.29) is 16.2 Å². The Morgan fingerprint density at radius 3 is 2.83 bits per heavy atom. The second-order valence-electron chi connectivity index (χ2n) is 4.69. The predicted octanol–water partition coefficient (Wildman–Crippen LogP) is 2.03. The lowest BCUT2D eigenvalue weighted by atomic mass is 10.3. The summed E-state index contributed by atoms with van der Waals surface area (Å²) < 4.78 is 39.7. The van der Waals surface area contributed by atoms with Gasteiger partial charge in [-0.05, 0) is 24.3 Å². The third kappa shape index (κ3) is 2.36. The van der Waals surface area contributed by atoms with Crippen molar-refractivity contribution in [2.24, 2.45) is 0 Å². The summed E-state index contributed by atoms with van der Waals surface area (Å²) in [6.45, 7) is 0. The summed E-state index contributed by atoms with van der Waals surface area (Å²) in [4.78, 5) is 17.3. The van der Waals surface area contributed by atoms with Gasteiger partial charge in [0.1, 0.15) is 16.2 Å². The van der Waals surface area contributed by atoms with E-state index in [1.807, 2.05) is 0 Å². The van der Waals surface area contributed by atoms with Gasteiger partial charge in [0, 0.05) is 12.1 Å². The van der Waals surface area contributed by atoms with Gasteiger partial charge in [-0.25, -0.2) is 9.78 Å². The third-order valence-corrected chi connectivity index (χ3v) is 4.43. The predicted molar refractivity (Wildman–Crippen MR) is 78.7 cm³/mol. The van der Waals surface area contributed by atoms with Crippen LogP contribution in [0.3, 0.4) is 0 Å². The van der Waals surface area contributed by atoms with Crippen LogP contribution in [0.4, 0.5) is 0 Å². The van der Waals surface area contributed by atoms with E-state index in [0.717, 1.165) is 0 Å².